The predicted octanol–water partition coefficient (Wildman–Crippen LogP) is 4.02. The number of hydrogen-bond acceptors (Lipinski definition) is 3. The first-order chi connectivity index (χ1) is 11.8. The maximum atomic E-state index is 12.4. The first-order valence-corrected chi connectivity index (χ1v) is 9.46. The number of para-hydroxylation sites is 1. The summed E-state index contributed by atoms with van der Waals surface area (Å²) in [6.45, 7) is 13.2. The van der Waals surface area contributed by atoms with Crippen molar-refractivity contribution in [3.63, 3.8) is 0 Å². The minimum Gasteiger partial charge on any atom is -0.491 e. The molecule has 0 spiro atoms. The molecule has 1 aromatic rings. The van der Waals surface area contributed by atoms with Crippen molar-refractivity contribution in [3.8, 4) is 5.75 Å². The van der Waals surface area contributed by atoms with Crippen molar-refractivity contribution < 1.29 is 9.53 Å². The summed E-state index contributed by atoms with van der Waals surface area (Å²) < 4.78 is 6.11. The van der Waals surface area contributed by atoms with E-state index in [2.05, 4.69) is 57.4 Å². The summed E-state index contributed by atoms with van der Waals surface area (Å²) >= 11 is 0. The van der Waals surface area contributed by atoms with E-state index in [0.717, 1.165) is 36.4 Å². The van der Waals surface area contributed by atoms with Crippen LogP contribution in [-0.2, 0) is 4.79 Å². The first-order valence-electron chi connectivity index (χ1n) is 9.46. The lowest BCUT2D eigenvalue weighted by Crippen LogP contribution is -2.47. The molecule has 2 rings (SSSR count). The fourth-order valence-corrected chi connectivity index (χ4v) is 3.26. The van der Waals surface area contributed by atoms with E-state index in [1.165, 1.54) is 6.42 Å². The van der Waals surface area contributed by atoms with Crippen LogP contribution < -0.4 is 15.4 Å². The average molecular weight is 383 g/mol. The third-order valence-electron chi connectivity index (χ3n) is 5.13. The van der Waals surface area contributed by atoms with Gasteiger partial charge < -0.3 is 15.4 Å². The molecule has 148 valence electrons. The normalized spacial score (nSPS) is 18.1. The van der Waals surface area contributed by atoms with E-state index in [1.54, 1.807) is 0 Å². The summed E-state index contributed by atoms with van der Waals surface area (Å²) in [4.78, 5) is 12.4. The molecular formula is C21H35ClN2O2. The van der Waals surface area contributed by atoms with Gasteiger partial charge >= 0.3 is 0 Å². The van der Waals surface area contributed by atoms with Crippen molar-refractivity contribution in [3.05, 3.63) is 29.3 Å². The second kappa shape index (κ2) is 10.2. The number of benzene rings is 1. The molecule has 1 fully saturated rings. The molecule has 0 aromatic heterocycles. The van der Waals surface area contributed by atoms with Gasteiger partial charge in [-0.25, -0.2) is 0 Å². The number of amides is 1. The molecule has 2 atom stereocenters. The van der Waals surface area contributed by atoms with E-state index in [-0.39, 0.29) is 29.8 Å². The molecule has 1 aliphatic rings. The SMILES string of the molecule is Cc1cccc(C)c1OCC(NC(=O)CCC1CCNC1)C(C)(C)C.Cl. The van der Waals surface area contributed by atoms with E-state index in [4.69, 9.17) is 4.74 Å². The molecule has 0 aliphatic carbocycles. The summed E-state index contributed by atoms with van der Waals surface area (Å²) in [6.07, 6.45) is 2.75. The van der Waals surface area contributed by atoms with E-state index < -0.39 is 0 Å². The van der Waals surface area contributed by atoms with Gasteiger partial charge in [0.05, 0.1) is 6.04 Å². The topological polar surface area (TPSA) is 50.4 Å². The van der Waals surface area contributed by atoms with E-state index >= 15 is 0 Å². The van der Waals surface area contributed by atoms with Crippen LogP contribution in [0.4, 0.5) is 0 Å². The van der Waals surface area contributed by atoms with Crippen LogP contribution in [-0.4, -0.2) is 31.6 Å². The van der Waals surface area contributed by atoms with Crippen molar-refractivity contribution in [1.82, 2.24) is 10.6 Å². The molecule has 1 saturated heterocycles. The van der Waals surface area contributed by atoms with Crippen LogP contribution in [0.25, 0.3) is 0 Å². The zero-order valence-electron chi connectivity index (χ0n) is 16.9. The fraction of sp³-hybridized carbons (Fsp3) is 0.667. The quantitative estimate of drug-likeness (QED) is 0.748. The van der Waals surface area contributed by atoms with Gasteiger partial charge in [-0.15, -0.1) is 12.4 Å². The fourth-order valence-electron chi connectivity index (χ4n) is 3.26. The van der Waals surface area contributed by atoms with Crippen molar-refractivity contribution in [2.45, 2.75) is 59.9 Å². The van der Waals surface area contributed by atoms with Crippen LogP contribution in [0, 0.1) is 25.2 Å². The Labute approximate surface area is 164 Å². The highest BCUT2D eigenvalue weighted by atomic mass is 35.5. The zero-order valence-corrected chi connectivity index (χ0v) is 17.7. The van der Waals surface area contributed by atoms with Crippen LogP contribution in [0.5, 0.6) is 5.75 Å². The summed E-state index contributed by atoms with van der Waals surface area (Å²) in [6, 6.07) is 6.14. The Morgan fingerprint density at radius 1 is 1.31 bits per heavy atom. The van der Waals surface area contributed by atoms with Gasteiger partial charge in [-0.1, -0.05) is 39.0 Å². The molecule has 1 amide bonds. The van der Waals surface area contributed by atoms with Gasteiger partial charge in [-0.2, -0.15) is 0 Å². The van der Waals surface area contributed by atoms with Crippen LogP contribution >= 0.6 is 12.4 Å². The molecule has 1 heterocycles. The first kappa shape index (κ1) is 22.8. The van der Waals surface area contributed by atoms with Gasteiger partial charge in [0.25, 0.3) is 0 Å². The Morgan fingerprint density at radius 2 is 1.96 bits per heavy atom. The Bertz CT molecular complexity index is 558. The van der Waals surface area contributed by atoms with Crippen molar-refractivity contribution in [1.29, 1.82) is 0 Å². The lowest BCUT2D eigenvalue weighted by molar-refractivity contribution is -0.123. The summed E-state index contributed by atoms with van der Waals surface area (Å²) in [5, 5.41) is 6.56. The van der Waals surface area contributed by atoms with Gasteiger partial charge in [-0.05, 0) is 62.2 Å². The molecular weight excluding hydrogens is 348 g/mol. The predicted molar refractivity (Wildman–Crippen MR) is 110 cm³/mol. The van der Waals surface area contributed by atoms with Crippen LogP contribution in [0.15, 0.2) is 18.2 Å². The minimum absolute atomic E-state index is 0. The Morgan fingerprint density at radius 3 is 2.50 bits per heavy atom. The number of hydrogen-bond donors (Lipinski definition) is 2. The molecule has 26 heavy (non-hydrogen) atoms. The second-order valence-corrected chi connectivity index (χ2v) is 8.42. The van der Waals surface area contributed by atoms with Gasteiger partial charge in [0, 0.05) is 6.42 Å². The minimum atomic E-state index is -0.0544. The maximum absolute atomic E-state index is 12.4. The van der Waals surface area contributed by atoms with Gasteiger partial charge in [-0.3, -0.25) is 4.79 Å². The molecule has 1 aromatic carbocycles. The molecule has 2 unspecified atom stereocenters. The van der Waals surface area contributed by atoms with Gasteiger partial charge in [0.1, 0.15) is 12.4 Å². The number of aryl methyl sites for hydroxylation is 2. The lowest BCUT2D eigenvalue weighted by atomic mass is 9.87. The van der Waals surface area contributed by atoms with E-state index in [1.807, 2.05) is 6.07 Å². The summed E-state index contributed by atoms with van der Waals surface area (Å²) in [7, 11) is 0. The molecule has 0 bridgehead atoms. The van der Waals surface area contributed by atoms with Crippen LogP contribution in [0.2, 0.25) is 0 Å². The van der Waals surface area contributed by atoms with Gasteiger partial charge in [0.2, 0.25) is 5.91 Å². The third-order valence-corrected chi connectivity index (χ3v) is 5.13. The Balaban J connectivity index is 0.00000338. The molecule has 5 heteroatoms. The number of carbonyl (C=O) groups is 1. The smallest absolute Gasteiger partial charge is 0.220 e. The highest BCUT2D eigenvalue weighted by Crippen LogP contribution is 2.25. The highest BCUT2D eigenvalue weighted by molar-refractivity contribution is 5.85. The summed E-state index contributed by atoms with van der Waals surface area (Å²) in [5.74, 6) is 1.71. The molecule has 0 radical (unpaired) electrons. The number of ether oxygens (including phenoxy) is 1. The lowest BCUT2D eigenvalue weighted by Gasteiger charge is -2.32. The average Bonchev–Trinajstić information content (AvgIpc) is 3.03. The third kappa shape index (κ3) is 6.81. The largest absolute Gasteiger partial charge is 0.491 e. The zero-order chi connectivity index (χ0) is 18.4. The summed E-state index contributed by atoms with van der Waals surface area (Å²) in [5.41, 5.74) is 2.21. The molecule has 1 aliphatic heterocycles. The molecule has 4 nitrogen and oxygen atoms in total. The molecule has 0 saturated carbocycles. The van der Waals surface area contributed by atoms with Crippen LogP contribution in [0.3, 0.4) is 0 Å². The monoisotopic (exact) mass is 382 g/mol. The number of halogens is 1. The molecule has 2 N–H and O–H groups in total. The van der Waals surface area contributed by atoms with Crippen molar-refractivity contribution in [2.24, 2.45) is 11.3 Å². The number of carbonyl (C=O) groups excluding carboxylic acids is 1. The van der Waals surface area contributed by atoms with E-state index in [9.17, 15) is 4.79 Å². The van der Waals surface area contributed by atoms with Crippen molar-refractivity contribution >= 4 is 18.3 Å². The number of rotatable bonds is 7. The highest BCUT2D eigenvalue weighted by Gasteiger charge is 2.27. The second-order valence-electron chi connectivity index (χ2n) is 8.42. The number of nitrogens with one attached hydrogen (secondary N) is 2. The van der Waals surface area contributed by atoms with Crippen molar-refractivity contribution in [2.75, 3.05) is 19.7 Å². The van der Waals surface area contributed by atoms with Crippen LogP contribution in [0.1, 0.15) is 51.2 Å². The standard InChI is InChI=1S/C21H34N2O2.ClH/c1-15-7-6-8-16(2)20(15)25-14-18(21(3,4)5)23-19(24)10-9-17-11-12-22-13-17;/h6-8,17-18,22H,9-14H2,1-5H3,(H,23,24);1H. The van der Waals surface area contributed by atoms with E-state index in [0.29, 0.717) is 18.9 Å². The van der Waals surface area contributed by atoms with Gasteiger partial charge in [0.15, 0.2) is 0 Å². The Kier molecular flexibility index (Phi) is 8.91. The maximum Gasteiger partial charge on any atom is 0.220 e. The Hall–Kier alpha value is -1.26.